The molecule has 0 radical (unpaired) electrons. The molecule has 0 bridgehead atoms. The number of furan rings is 1. The summed E-state index contributed by atoms with van der Waals surface area (Å²) in [6.07, 6.45) is 0. The summed E-state index contributed by atoms with van der Waals surface area (Å²) in [5, 5.41) is 1.75. The summed E-state index contributed by atoms with van der Waals surface area (Å²) in [4.78, 5) is 12.5. The number of halogens is 1. The molecule has 23 heavy (non-hydrogen) atoms. The minimum Gasteiger partial charge on any atom is -0.493 e. The minimum absolute atomic E-state index is 0.395. The lowest BCUT2D eigenvalue weighted by Crippen LogP contribution is -1.98. The Morgan fingerprint density at radius 2 is 1.70 bits per heavy atom. The zero-order valence-corrected chi connectivity index (χ0v) is 13.9. The van der Waals surface area contributed by atoms with Gasteiger partial charge in [-0.15, -0.1) is 0 Å². The molecule has 2 aromatic carbocycles. The van der Waals surface area contributed by atoms with Gasteiger partial charge < -0.3 is 18.3 Å². The topological polar surface area (TPSA) is 61.8 Å². The lowest BCUT2D eigenvalue weighted by molar-refractivity contribution is 0.355. The molecule has 6 heteroatoms. The van der Waals surface area contributed by atoms with Gasteiger partial charge in [0.05, 0.1) is 24.1 Å². The van der Waals surface area contributed by atoms with Crippen molar-refractivity contribution >= 4 is 48.8 Å². The Morgan fingerprint density at radius 3 is 2.43 bits per heavy atom. The Morgan fingerprint density at radius 1 is 0.957 bits per heavy atom. The van der Waals surface area contributed by atoms with Gasteiger partial charge in [0.15, 0.2) is 22.7 Å². The molecule has 4 rings (SSSR count). The van der Waals surface area contributed by atoms with Crippen molar-refractivity contribution in [1.82, 2.24) is 0 Å². The van der Waals surface area contributed by atoms with Crippen LogP contribution in [0.2, 0.25) is 0 Å². The summed E-state index contributed by atoms with van der Waals surface area (Å²) in [6, 6.07) is 8.95. The highest BCUT2D eigenvalue weighted by atomic mass is 79.9. The summed E-state index contributed by atoms with van der Waals surface area (Å²) in [5.41, 5.74) is 1.04. The Labute approximate surface area is 138 Å². The molecule has 5 nitrogen and oxygen atoms in total. The van der Waals surface area contributed by atoms with Gasteiger partial charge >= 0.3 is 5.63 Å². The summed E-state index contributed by atoms with van der Waals surface area (Å²) in [7, 11) is 3.09. The van der Waals surface area contributed by atoms with Crippen LogP contribution in [-0.2, 0) is 0 Å². The van der Waals surface area contributed by atoms with Gasteiger partial charge in [0.25, 0.3) is 0 Å². The van der Waals surface area contributed by atoms with Crippen LogP contribution in [0.4, 0.5) is 0 Å². The predicted molar refractivity (Wildman–Crippen MR) is 90.6 cm³/mol. The van der Waals surface area contributed by atoms with Crippen molar-refractivity contribution in [3.63, 3.8) is 0 Å². The minimum atomic E-state index is -0.453. The third kappa shape index (κ3) is 1.95. The molecule has 0 N–H and O–H groups in total. The van der Waals surface area contributed by atoms with Gasteiger partial charge in [-0.3, -0.25) is 0 Å². The average Bonchev–Trinajstić information content (AvgIpc) is 2.93. The third-order valence-electron chi connectivity index (χ3n) is 3.80. The first-order valence-corrected chi connectivity index (χ1v) is 7.63. The third-order valence-corrected chi connectivity index (χ3v) is 4.43. The fourth-order valence-electron chi connectivity index (χ4n) is 2.75. The van der Waals surface area contributed by atoms with Crippen LogP contribution in [-0.4, -0.2) is 14.2 Å². The van der Waals surface area contributed by atoms with Crippen molar-refractivity contribution in [2.45, 2.75) is 0 Å². The van der Waals surface area contributed by atoms with E-state index < -0.39 is 5.63 Å². The first kappa shape index (κ1) is 14.1. The number of benzene rings is 2. The lowest BCUT2D eigenvalue weighted by Gasteiger charge is -2.06. The molecule has 0 aliphatic heterocycles. The molecule has 0 saturated heterocycles. The van der Waals surface area contributed by atoms with E-state index in [4.69, 9.17) is 18.3 Å². The van der Waals surface area contributed by atoms with Crippen LogP contribution in [0, 0.1) is 0 Å². The van der Waals surface area contributed by atoms with Crippen LogP contribution in [0.25, 0.3) is 32.9 Å². The largest absolute Gasteiger partial charge is 0.493 e. The monoisotopic (exact) mass is 374 g/mol. The number of hydrogen-bond acceptors (Lipinski definition) is 5. The van der Waals surface area contributed by atoms with Gasteiger partial charge in [-0.05, 0) is 34.1 Å². The zero-order valence-electron chi connectivity index (χ0n) is 12.3. The van der Waals surface area contributed by atoms with Gasteiger partial charge in [0.2, 0.25) is 0 Å². The quantitative estimate of drug-likeness (QED) is 0.484. The molecule has 2 heterocycles. The molecule has 0 atom stereocenters. The van der Waals surface area contributed by atoms with Gasteiger partial charge in [0, 0.05) is 11.5 Å². The van der Waals surface area contributed by atoms with Crippen molar-refractivity contribution in [3.05, 3.63) is 45.2 Å². The molecule has 0 saturated carbocycles. The lowest BCUT2D eigenvalue weighted by atomic mass is 10.1. The summed E-state index contributed by atoms with van der Waals surface area (Å²) >= 11 is 3.39. The number of ether oxygens (including phenoxy) is 2. The van der Waals surface area contributed by atoms with Gasteiger partial charge in [-0.2, -0.15) is 0 Å². The second-order valence-corrected chi connectivity index (χ2v) is 5.87. The van der Waals surface area contributed by atoms with Crippen LogP contribution in [0.1, 0.15) is 0 Å². The van der Waals surface area contributed by atoms with E-state index >= 15 is 0 Å². The van der Waals surface area contributed by atoms with Crippen molar-refractivity contribution < 1.29 is 18.3 Å². The summed E-state index contributed by atoms with van der Waals surface area (Å²) < 4.78 is 22.7. The maximum atomic E-state index is 12.5. The van der Waals surface area contributed by atoms with Gasteiger partial charge in [0.1, 0.15) is 11.0 Å². The van der Waals surface area contributed by atoms with Crippen LogP contribution in [0.3, 0.4) is 0 Å². The second-order valence-electron chi connectivity index (χ2n) is 5.02. The molecule has 0 amide bonds. The van der Waals surface area contributed by atoms with E-state index in [1.165, 1.54) is 0 Å². The number of fused-ring (bicyclic) bond motifs is 5. The normalized spacial score (nSPS) is 11.4. The highest BCUT2D eigenvalue weighted by Crippen LogP contribution is 2.39. The first-order valence-electron chi connectivity index (χ1n) is 6.83. The maximum absolute atomic E-state index is 12.5. The number of para-hydroxylation sites is 1. The molecule has 0 spiro atoms. The average molecular weight is 375 g/mol. The molecule has 0 unspecified atom stereocenters. The fourth-order valence-corrected chi connectivity index (χ4v) is 3.20. The van der Waals surface area contributed by atoms with Gasteiger partial charge in [-0.25, -0.2) is 4.79 Å². The van der Waals surface area contributed by atoms with E-state index in [2.05, 4.69) is 15.9 Å². The van der Waals surface area contributed by atoms with Crippen LogP contribution in [0.5, 0.6) is 11.5 Å². The van der Waals surface area contributed by atoms with E-state index in [1.807, 2.05) is 18.2 Å². The van der Waals surface area contributed by atoms with E-state index in [0.717, 1.165) is 5.39 Å². The van der Waals surface area contributed by atoms with E-state index in [0.29, 0.717) is 43.5 Å². The van der Waals surface area contributed by atoms with Crippen molar-refractivity contribution in [2.75, 3.05) is 14.2 Å². The smallest absolute Gasteiger partial charge is 0.348 e. The molecule has 0 aliphatic carbocycles. The zero-order chi connectivity index (χ0) is 16.1. The van der Waals surface area contributed by atoms with Crippen LogP contribution < -0.4 is 15.1 Å². The Hall–Kier alpha value is -2.47. The Kier molecular flexibility index (Phi) is 3.09. The van der Waals surface area contributed by atoms with Crippen molar-refractivity contribution in [1.29, 1.82) is 0 Å². The van der Waals surface area contributed by atoms with Gasteiger partial charge in [-0.1, -0.05) is 6.07 Å². The highest BCUT2D eigenvalue weighted by molar-refractivity contribution is 9.10. The number of hydrogen-bond donors (Lipinski definition) is 0. The molecule has 2 aromatic heterocycles. The van der Waals surface area contributed by atoms with Crippen molar-refractivity contribution in [2.24, 2.45) is 0 Å². The maximum Gasteiger partial charge on any atom is 0.348 e. The molecular formula is C17H11BrO5. The number of methoxy groups -OCH3 is 2. The molecular weight excluding hydrogens is 364 g/mol. The summed E-state index contributed by atoms with van der Waals surface area (Å²) in [5.74, 6) is 1.06. The van der Waals surface area contributed by atoms with Crippen molar-refractivity contribution in [3.8, 4) is 11.5 Å². The van der Waals surface area contributed by atoms with E-state index in [1.54, 1.807) is 26.4 Å². The van der Waals surface area contributed by atoms with E-state index in [-0.39, 0.29) is 0 Å². The molecule has 116 valence electrons. The van der Waals surface area contributed by atoms with E-state index in [9.17, 15) is 4.79 Å². The summed E-state index contributed by atoms with van der Waals surface area (Å²) in [6.45, 7) is 0. The fraction of sp³-hybridized carbons (Fsp3) is 0.118. The first-order chi connectivity index (χ1) is 11.1. The number of rotatable bonds is 2. The molecule has 0 fully saturated rings. The molecule has 4 aromatic rings. The molecule has 0 aliphatic rings. The highest BCUT2D eigenvalue weighted by Gasteiger charge is 2.19. The predicted octanol–water partition coefficient (Wildman–Crippen LogP) is 4.47. The standard InChI is InChI=1S/C17H11BrO5/c1-20-12-6-9-11(7-13(12)21-2)22-16-8-4-3-5-10(18)15(8)23-17(19)14(9)16/h3-7H,1-2H3. The van der Waals surface area contributed by atoms with Crippen LogP contribution in [0.15, 0.2) is 48.4 Å². The SMILES string of the molecule is COc1cc2oc3c4cccc(Br)c4oc(=O)c3c2cc1OC. The Bertz CT molecular complexity index is 1120. The Balaban J connectivity index is 2.25. The second kappa shape index (κ2) is 5.03. The van der Waals surface area contributed by atoms with Crippen LogP contribution >= 0.6 is 15.9 Å².